The third-order valence-corrected chi connectivity index (χ3v) is 8.00. The van der Waals surface area contributed by atoms with E-state index in [1.807, 2.05) is 11.8 Å². The van der Waals surface area contributed by atoms with Crippen molar-refractivity contribution in [1.29, 1.82) is 0 Å². The normalized spacial score (nSPS) is 30.6. The summed E-state index contributed by atoms with van der Waals surface area (Å²) in [6.07, 6.45) is 7.07. The van der Waals surface area contributed by atoms with E-state index in [0.717, 1.165) is 57.2 Å². The van der Waals surface area contributed by atoms with Crippen LogP contribution in [0.3, 0.4) is 0 Å². The van der Waals surface area contributed by atoms with Gasteiger partial charge in [-0.05, 0) is 77.1 Å². The Morgan fingerprint density at radius 2 is 1.83 bits per heavy atom. The average molecular weight is 397 g/mol. The van der Waals surface area contributed by atoms with Gasteiger partial charge in [-0.1, -0.05) is 17.7 Å². The van der Waals surface area contributed by atoms with E-state index in [4.69, 9.17) is 4.74 Å². The Morgan fingerprint density at radius 3 is 2.48 bits per heavy atom. The van der Waals surface area contributed by atoms with Gasteiger partial charge in [0.25, 0.3) is 0 Å². The largest absolute Gasteiger partial charge is 0.450 e. The molecule has 5 rings (SSSR count). The lowest BCUT2D eigenvalue weighted by Gasteiger charge is -2.47. The highest BCUT2D eigenvalue weighted by molar-refractivity contribution is 6.02. The number of amides is 1. The van der Waals surface area contributed by atoms with Crippen LogP contribution in [0.1, 0.15) is 73.4 Å². The Labute approximate surface area is 173 Å². The van der Waals surface area contributed by atoms with Crippen LogP contribution in [0, 0.1) is 6.92 Å². The molecule has 1 aliphatic carbocycles. The van der Waals surface area contributed by atoms with Crippen molar-refractivity contribution in [3.8, 4) is 0 Å². The highest BCUT2D eigenvalue weighted by Gasteiger charge is 2.49. The second-order valence-electron chi connectivity index (χ2n) is 9.58. The predicted molar refractivity (Wildman–Crippen MR) is 111 cm³/mol. The van der Waals surface area contributed by atoms with Crippen LogP contribution in [0.2, 0.25) is 0 Å². The molecule has 1 spiro atoms. The number of ether oxygens (including phenoxy) is 1. The van der Waals surface area contributed by atoms with Crippen molar-refractivity contribution in [2.45, 2.75) is 82.3 Å². The first-order valence-corrected chi connectivity index (χ1v) is 11.3. The van der Waals surface area contributed by atoms with Gasteiger partial charge in [0.1, 0.15) is 0 Å². The fraction of sp³-hybridized carbons (Fsp3) is 0.667. The summed E-state index contributed by atoms with van der Waals surface area (Å²) in [5, 5.41) is 0. The van der Waals surface area contributed by atoms with E-state index in [1.54, 1.807) is 0 Å². The van der Waals surface area contributed by atoms with Crippen molar-refractivity contribution < 1.29 is 14.3 Å². The van der Waals surface area contributed by atoms with E-state index in [0.29, 0.717) is 36.9 Å². The van der Waals surface area contributed by atoms with Crippen LogP contribution in [0.4, 0.5) is 4.79 Å². The van der Waals surface area contributed by atoms with Crippen molar-refractivity contribution in [1.82, 2.24) is 9.80 Å². The van der Waals surface area contributed by atoms with E-state index in [9.17, 15) is 9.59 Å². The van der Waals surface area contributed by atoms with E-state index in [-0.39, 0.29) is 11.5 Å². The van der Waals surface area contributed by atoms with Crippen LogP contribution in [0.25, 0.3) is 0 Å². The van der Waals surface area contributed by atoms with Crippen LogP contribution >= 0.6 is 0 Å². The number of carbonyl (C=O) groups is 2. The standard InChI is InChI=1S/C24H32N2O3/c1-3-29-23(28)26-17-5-6-18(26)14-19(13-17)25-10-8-24(9-11-25)15-22(27)20-12-16(2)4-7-21(20)24/h4,7,12,17-19H,3,5-6,8-11,13-15H2,1-2H3. The Morgan fingerprint density at radius 1 is 1.14 bits per heavy atom. The van der Waals surface area contributed by atoms with Gasteiger partial charge < -0.3 is 14.5 Å². The van der Waals surface area contributed by atoms with Gasteiger partial charge in [-0.15, -0.1) is 0 Å². The summed E-state index contributed by atoms with van der Waals surface area (Å²) in [5.41, 5.74) is 3.50. The zero-order valence-electron chi connectivity index (χ0n) is 17.7. The molecule has 2 bridgehead atoms. The molecule has 4 aliphatic rings. The van der Waals surface area contributed by atoms with Crippen LogP contribution < -0.4 is 0 Å². The lowest BCUT2D eigenvalue weighted by atomic mass is 9.73. The Hall–Kier alpha value is -1.88. The van der Waals surface area contributed by atoms with Crippen LogP contribution in [0.15, 0.2) is 18.2 Å². The molecular formula is C24H32N2O3. The number of hydrogen-bond acceptors (Lipinski definition) is 4. The van der Waals surface area contributed by atoms with Gasteiger partial charge in [0.05, 0.1) is 6.61 Å². The maximum Gasteiger partial charge on any atom is 0.410 e. The fourth-order valence-corrected chi connectivity index (χ4v) is 6.55. The van der Waals surface area contributed by atoms with Crippen molar-refractivity contribution in [3.63, 3.8) is 0 Å². The molecule has 1 aromatic carbocycles. The van der Waals surface area contributed by atoms with Gasteiger partial charge >= 0.3 is 6.09 Å². The maximum atomic E-state index is 12.7. The maximum absolute atomic E-state index is 12.7. The number of hydrogen-bond donors (Lipinski definition) is 0. The fourth-order valence-electron chi connectivity index (χ4n) is 6.55. The van der Waals surface area contributed by atoms with Crippen molar-refractivity contribution in [2.75, 3.05) is 19.7 Å². The van der Waals surface area contributed by atoms with Crippen molar-refractivity contribution in [2.24, 2.45) is 0 Å². The number of Topliss-reactive ketones (excluding diaryl/α,β-unsaturated/α-hetero) is 1. The summed E-state index contributed by atoms with van der Waals surface area (Å²) in [5.74, 6) is 0.331. The summed E-state index contributed by atoms with van der Waals surface area (Å²) in [6.45, 7) is 6.52. The minimum Gasteiger partial charge on any atom is -0.450 e. The molecule has 5 nitrogen and oxygen atoms in total. The van der Waals surface area contributed by atoms with Crippen molar-refractivity contribution in [3.05, 3.63) is 34.9 Å². The minimum atomic E-state index is -0.118. The summed E-state index contributed by atoms with van der Waals surface area (Å²) in [7, 11) is 0. The molecule has 2 atom stereocenters. The van der Waals surface area contributed by atoms with Gasteiger partial charge in [-0.25, -0.2) is 4.79 Å². The third-order valence-electron chi connectivity index (χ3n) is 8.00. The Kier molecular flexibility index (Phi) is 4.69. The van der Waals surface area contributed by atoms with Gasteiger partial charge in [0.2, 0.25) is 0 Å². The quantitative estimate of drug-likeness (QED) is 0.756. The molecule has 0 radical (unpaired) electrons. The number of ketones is 1. The topological polar surface area (TPSA) is 49.9 Å². The predicted octanol–water partition coefficient (Wildman–Crippen LogP) is 4.07. The lowest BCUT2D eigenvalue weighted by molar-refractivity contribution is 0.0272. The zero-order chi connectivity index (χ0) is 20.2. The third kappa shape index (κ3) is 3.09. The molecule has 29 heavy (non-hydrogen) atoms. The molecular weight excluding hydrogens is 364 g/mol. The number of carbonyl (C=O) groups excluding carboxylic acids is 2. The first kappa shape index (κ1) is 19.1. The van der Waals surface area contributed by atoms with Crippen molar-refractivity contribution >= 4 is 11.9 Å². The molecule has 1 aromatic rings. The molecule has 0 saturated carbocycles. The lowest BCUT2D eigenvalue weighted by Crippen LogP contribution is -2.55. The molecule has 3 fully saturated rings. The number of benzene rings is 1. The summed E-state index contributed by atoms with van der Waals surface area (Å²) < 4.78 is 5.30. The van der Waals surface area contributed by atoms with Crippen LogP contribution in [-0.4, -0.2) is 59.5 Å². The molecule has 3 heterocycles. The molecule has 3 saturated heterocycles. The summed E-state index contributed by atoms with van der Waals surface area (Å²) in [6, 6.07) is 7.69. The molecule has 3 aliphatic heterocycles. The number of piperidine rings is 2. The Bertz CT molecular complexity index is 813. The van der Waals surface area contributed by atoms with Crippen LogP contribution in [-0.2, 0) is 10.2 Å². The van der Waals surface area contributed by atoms with Gasteiger partial charge in [-0.3, -0.25) is 4.79 Å². The molecule has 0 N–H and O–H groups in total. The first-order chi connectivity index (χ1) is 14.0. The van der Waals surface area contributed by atoms with Gasteiger partial charge in [-0.2, -0.15) is 0 Å². The minimum absolute atomic E-state index is 0.0568. The first-order valence-electron chi connectivity index (χ1n) is 11.3. The van der Waals surface area contributed by atoms with E-state index >= 15 is 0 Å². The molecule has 5 heteroatoms. The van der Waals surface area contributed by atoms with E-state index < -0.39 is 0 Å². The number of fused-ring (bicyclic) bond motifs is 4. The van der Waals surface area contributed by atoms with Crippen LogP contribution in [0.5, 0.6) is 0 Å². The summed E-state index contributed by atoms with van der Waals surface area (Å²) >= 11 is 0. The number of nitrogens with zero attached hydrogens (tertiary/aromatic N) is 2. The highest BCUT2D eigenvalue weighted by Crippen LogP contribution is 2.47. The zero-order valence-corrected chi connectivity index (χ0v) is 17.7. The second-order valence-corrected chi connectivity index (χ2v) is 9.58. The average Bonchev–Trinajstić information content (AvgIpc) is 3.12. The molecule has 1 amide bonds. The van der Waals surface area contributed by atoms with E-state index in [2.05, 4.69) is 30.0 Å². The number of aryl methyl sites for hydroxylation is 1. The molecule has 2 unspecified atom stereocenters. The van der Waals surface area contributed by atoms with E-state index in [1.165, 1.54) is 11.1 Å². The smallest absolute Gasteiger partial charge is 0.410 e. The van der Waals surface area contributed by atoms with Gasteiger partial charge in [0.15, 0.2) is 5.78 Å². The highest BCUT2D eigenvalue weighted by atomic mass is 16.6. The SMILES string of the molecule is CCOC(=O)N1C2CCC1CC(N1CCC3(CC1)CC(=O)c1cc(C)ccc13)C2. The molecule has 0 aromatic heterocycles. The second kappa shape index (κ2) is 7.12. The van der Waals surface area contributed by atoms with Gasteiger partial charge in [0, 0.05) is 35.5 Å². The monoisotopic (exact) mass is 396 g/mol. The summed E-state index contributed by atoms with van der Waals surface area (Å²) in [4.78, 5) is 29.7. The number of likely N-dealkylation sites (tertiary alicyclic amines) is 1. The molecule has 156 valence electrons. The number of rotatable bonds is 2. The Balaban J connectivity index is 1.26.